The van der Waals surface area contributed by atoms with Crippen LogP contribution in [-0.2, 0) is 11.8 Å². The molecule has 3 heterocycles. The predicted molar refractivity (Wildman–Crippen MR) is 117 cm³/mol. The second kappa shape index (κ2) is 6.84. The van der Waals surface area contributed by atoms with Crippen LogP contribution in [0.15, 0.2) is 61.2 Å². The molecule has 0 amide bonds. The highest BCUT2D eigenvalue weighted by Crippen LogP contribution is 2.33. The van der Waals surface area contributed by atoms with Crippen molar-refractivity contribution >= 4 is 28.0 Å². The Labute approximate surface area is 173 Å². The van der Waals surface area contributed by atoms with Gasteiger partial charge in [-0.05, 0) is 47.9 Å². The number of hydrogen-bond acceptors (Lipinski definition) is 4. The summed E-state index contributed by atoms with van der Waals surface area (Å²) in [4.78, 5) is 24.4. The molecule has 0 aliphatic rings. The number of aromatic amines is 1. The van der Waals surface area contributed by atoms with E-state index in [0.29, 0.717) is 5.56 Å². The van der Waals surface area contributed by atoms with Gasteiger partial charge in [-0.3, -0.25) is 0 Å². The van der Waals surface area contributed by atoms with E-state index in [2.05, 4.69) is 33.2 Å². The number of carbonyl (C=O) groups excluding carboxylic acids is 1. The van der Waals surface area contributed by atoms with Crippen LogP contribution in [0.3, 0.4) is 0 Å². The molecule has 0 fully saturated rings. The number of pyridine rings is 1. The summed E-state index contributed by atoms with van der Waals surface area (Å²) in [5.41, 5.74) is 8.33. The molecule has 5 rings (SSSR count). The maximum absolute atomic E-state index is 12.1. The van der Waals surface area contributed by atoms with E-state index in [-0.39, 0.29) is 5.97 Å². The second-order valence-corrected chi connectivity index (χ2v) is 7.40. The normalized spacial score (nSPS) is 11.3. The first-order chi connectivity index (χ1) is 14.5. The average molecular weight is 396 g/mol. The lowest BCUT2D eigenvalue weighted by Crippen LogP contribution is -2.03. The zero-order valence-corrected chi connectivity index (χ0v) is 16.9. The zero-order chi connectivity index (χ0) is 20.8. The Morgan fingerprint density at radius 2 is 1.87 bits per heavy atom. The van der Waals surface area contributed by atoms with Crippen molar-refractivity contribution in [2.45, 2.75) is 6.92 Å². The summed E-state index contributed by atoms with van der Waals surface area (Å²) < 4.78 is 6.93. The Hall–Kier alpha value is -3.93. The number of benzene rings is 2. The van der Waals surface area contributed by atoms with Gasteiger partial charge in [0.05, 0.1) is 30.0 Å². The second-order valence-electron chi connectivity index (χ2n) is 7.40. The smallest absolute Gasteiger partial charge is 0.338 e. The molecule has 1 N–H and O–H groups in total. The average Bonchev–Trinajstić information content (AvgIpc) is 3.36. The van der Waals surface area contributed by atoms with Crippen molar-refractivity contribution < 1.29 is 9.53 Å². The number of carbonyl (C=O) groups is 1. The molecular formula is C24H20N4O2. The van der Waals surface area contributed by atoms with Gasteiger partial charge in [-0.25, -0.2) is 14.8 Å². The van der Waals surface area contributed by atoms with E-state index in [1.807, 2.05) is 61.5 Å². The van der Waals surface area contributed by atoms with E-state index >= 15 is 0 Å². The summed E-state index contributed by atoms with van der Waals surface area (Å²) in [6, 6.07) is 14.1. The van der Waals surface area contributed by atoms with Crippen molar-refractivity contribution in [1.82, 2.24) is 19.5 Å². The van der Waals surface area contributed by atoms with Crippen molar-refractivity contribution in [3.05, 3.63) is 72.3 Å². The molecule has 0 aliphatic carbocycles. The van der Waals surface area contributed by atoms with E-state index in [1.165, 1.54) is 7.11 Å². The van der Waals surface area contributed by atoms with E-state index in [0.717, 1.165) is 49.9 Å². The predicted octanol–water partition coefficient (Wildman–Crippen LogP) is 4.88. The molecule has 0 unspecified atom stereocenters. The number of fused-ring (bicyclic) bond motifs is 2. The number of nitrogens with zero attached hydrogens (tertiary/aromatic N) is 3. The van der Waals surface area contributed by atoms with Crippen LogP contribution in [0.1, 0.15) is 15.9 Å². The summed E-state index contributed by atoms with van der Waals surface area (Å²) in [7, 11) is 3.39. The van der Waals surface area contributed by atoms with Crippen LogP contribution in [0.4, 0.5) is 0 Å². The van der Waals surface area contributed by atoms with Crippen molar-refractivity contribution in [3.63, 3.8) is 0 Å². The van der Waals surface area contributed by atoms with E-state index < -0.39 is 0 Å². The maximum Gasteiger partial charge on any atom is 0.338 e. The Bertz CT molecular complexity index is 1430. The minimum absolute atomic E-state index is 0.338. The van der Waals surface area contributed by atoms with E-state index in [1.54, 1.807) is 0 Å². The van der Waals surface area contributed by atoms with Gasteiger partial charge >= 0.3 is 5.97 Å². The van der Waals surface area contributed by atoms with Crippen molar-refractivity contribution in [2.75, 3.05) is 7.11 Å². The maximum atomic E-state index is 12.1. The summed E-state index contributed by atoms with van der Waals surface area (Å²) >= 11 is 0. The topological polar surface area (TPSA) is 72.8 Å². The number of H-pyrrole nitrogens is 1. The van der Waals surface area contributed by atoms with Crippen LogP contribution in [0.2, 0.25) is 0 Å². The Morgan fingerprint density at radius 1 is 1.03 bits per heavy atom. The third-order valence-electron chi connectivity index (χ3n) is 5.54. The van der Waals surface area contributed by atoms with Gasteiger partial charge in [0.25, 0.3) is 0 Å². The monoisotopic (exact) mass is 396 g/mol. The fourth-order valence-corrected chi connectivity index (χ4v) is 3.83. The van der Waals surface area contributed by atoms with Gasteiger partial charge in [0.15, 0.2) is 0 Å². The molecule has 2 aromatic carbocycles. The number of esters is 1. The number of hydrogen-bond donors (Lipinski definition) is 1. The third kappa shape index (κ3) is 2.85. The first-order valence-electron chi connectivity index (χ1n) is 9.63. The molecule has 0 bridgehead atoms. The van der Waals surface area contributed by atoms with Crippen LogP contribution in [0.5, 0.6) is 0 Å². The molecule has 0 aliphatic heterocycles. The Morgan fingerprint density at radius 3 is 2.70 bits per heavy atom. The minimum atomic E-state index is -0.338. The lowest BCUT2D eigenvalue weighted by Gasteiger charge is -2.08. The summed E-state index contributed by atoms with van der Waals surface area (Å²) in [5.74, 6) is -0.338. The Balaban J connectivity index is 1.64. The number of aromatic nitrogens is 4. The first-order valence-corrected chi connectivity index (χ1v) is 9.63. The standard InChI is InChI=1S/C24H20N4O2/c1-14-4-5-15(8-18(14)24(29)30-3)17-9-19-20(12-26-23(19)25-11-17)16-6-7-21-22(10-16)28(2)13-27-21/h4-13H,1-3H3,(H,25,26). The molecule has 6 heteroatoms. The van der Waals surface area contributed by atoms with Crippen molar-refractivity contribution in [3.8, 4) is 22.3 Å². The van der Waals surface area contributed by atoms with Crippen molar-refractivity contribution in [2.24, 2.45) is 7.05 Å². The lowest BCUT2D eigenvalue weighted by molar-refractivity contribution is 0.0600. The van der Waals surface area contributed by atoms with Crippen LogP contribution < -0.4 is 0 Å². The lowest BCUT2D eigenvalue weighted by atomic mass is 9.99. The number of imidazole rings is 1. The van der Waals surface area contributed by atoms with Crippen LogP contribution >= 0.6 is 0 Å². The molecule has 6 nitrogen and oxygen atoms in total. The Kier molecular flexibility index (Phi) is 4.13. The quantitative estimate of drug-likeness (QED) is 0.441. The molecule has 0 saturated heterocycles. The van der Waals surface area contributed by atoms with Gasteiger partial charge in [-0.15, -0.1) is 0 Å². The number of nitrogens with one attached hydrogen (secondary N) is 1. The van der Waals surface area contributed by atoms with Gasteiger partial charge in [-0.2, -0.15) is 0 Å². The highest BCUT2D eigenvalue weighted by molar-refractivity contribution is 5.98. The van der Waals surface area contributed by atoms with Crippen LogP contribution in [-0.4, -0.2) is 32.6 Å². The summed E-state index contributed by atoms with van der Waals surface area (Å²) in [6.07, 6.45) is 5.62. The van der Waals surface area contributed by atoms with Crippen molar-refractivity contribution in [1.29, 1.82) is 0 Å². The largest absolute Gasteiger partial charge is 0.465 e. The van der Waals surface area contributed by atoms with E-state index in [4.69, 9.17) is 4.74 Å². The van der Waals surface area contributed by atoms with Gasteiger partial charge in [-0.1, -0.05) is 18.2 Å². The third-order valence-corrected chi connectivity index (χ3v) is 5.54. The SMILES string of the molecule is COC(=O)c1cc(-c2cnc3[nH]cc(-c4ccc5ncn(C)c5c4)c3c2)ccc1C. The van der Waals surface area contributed by atoms with Gasteiger partial charge in [0.1, 0.15) is 5.65 Å². The fourth-order valence-electron chi connectivity index (χ4n) is 3.83. The number of ether oxygens (including phenoxy) is 1. The molecule has 148 valence electrons. The highest BCUT2D eigenvalue weighted by atomic mass is 16.5. The molecule has 0 saturated carbocycles. The van der Waals surface area contributed by atoms with Crippen LogP contribution in [0, 0.1) is 6.92 Å². The molecule has 30 heavy (non-hydrogen) atoms. The zero-order valence-electron chi connectivity index (χ0n) is 16.9. The fraction of sp³-hybridized carbons (Fsp3) is 0.125. The highest BCUT2D eigenvalue weighted by Gasteiger charge is 2.14. The van der Waals surface area contributed by atoms with Gasteiger partial charge < -0.3 is 14.3 Å². The molecule has 0 atom stereocenters. The minimum Gasteiger partial charge on any atom is -0.465 e. The van der Waals surface area contributed by atoms with Gasteiger partial charge in [0, 0.05) is 36.0 Å². The van der Waals surface area contributed by atoms with E-state index in [9.17, 15) is 4.79 Å². The number of methoxy groups -OCH3 is 1. The number of aryl methyl sites for hydroxylation is 2. The molecule has 0 radical (unpaired) electrons. The first kappa shape index (κ1) is 18.1. The van der Waals surface area contributed by atoms with Crippen LogP contribution in [0.25, 0.3) is 44.3 Å². The van der Waals surface area contributed by atoms with Gasteiger partial charge in [0.2, 0.25) is 0 Å². The number of rotatable bonds is 3. The molecular weight excluding hydrogens is 376 g/mol. The molecule has 3 aromatic heterocycles. The summed E-state index contributed by atoms with van der Waals surface area (Å²) in [6.45, 7) is 1.90. The molecule has 0 spiro atoms. The molecule has 5 aromatic rings. The summed E-state index contributed by atoms with van der Waals surface area (Å²) in [5, 5.41) is 1.02.